The topological polar surface area (TPSA) is 77.1 Å². The Balaban J connectivity index is 1.98. The van der Waals surface area contributed by atoms with Crippen LogP contribution in [-0.2, 0) is 6.42 Å². The summed E-state index contributed by atoms with van der Waals surface area (Å²) < 4.78 is 6.18. The zero-order valence-electron chi connectivity index (χ0n) is 11.5. The van der Waals surface area contributed by atoms with Crippen LogP contribution in [-0.4, -0.2) is 15.6 Å². The number of fused-ring (bicyclic) bond motifs is 1. The summed E-state index contributed by atoms with van der Waals surface area (Å²) in [4.78, 5) is 30.4. The Labute approximate surface area is 124 Å². The predicted octanol–water partition coefficient (Wildman–Crippen LogP) is 2.31. The molecule has 0 spiro atoms. The van der Waals surface area contributed by atoms with Gasteiger partial charge in [-0.05, 0) is 25.5 Å². The minimum Gasteiger partial charge on any atom is -0.459 e. The lowest BCUT2D eigenvalue weighted by Gasteiger charge is -2.06. The molecule has 0 aromatic carbocycles. The average Bonchev–Trinajstić information content (AvgIpc) is 3.08. The van der Waals surface area contributed by atoms with Gasteiger partial charge in [0, 0.05) is 10.4 Å². The Kier molecular flexibility index (Phi) is 3.34. The summed E-state index contributed by atoms with van der Waals surface area (Å²) >= 11 is 1.48. The molecule has 3 aromatic rings. The molecule has 108 valence electrons. The number of carbonyl (C=O) groups is 1. The van der Waals surface area contributed by atoms with Crippen molar-refractivity contribution in [3.8, 4) is 0 Å². The van der Waals surface area contributed by atoms with Crippen LogP contribution in [0.2, 0.25) is 0 Å². The predicted molar refractivity (Wildman–Crippen MR) is 80.4 cm³/mol. The number of hydrogen-bond donors (Lipinski definition) is 1. The monoisotopic (exact) mass is 303 g/mol. The average molecular weight is 303 g/mol. The summed E-state index contributed by atoms with van der Waals surface area (Å²) in [7, 11) is 0. The Morgan fingerprint density at radius 2 is 2.33 bits per heavy atom. The molecule has 0 fully saturated rings. The van der Waals surface area contributed by atoms with Gasteiger partial charge in [0.1, 0.15) is 11.2 Å². The van der Waals surface area contributed by atoms with Crippen LogP contribution in [0.5, 0.6) is 0 Å². The smallest absolute Gasteiger partial charge is 0.306 e. The second kappa shape index (κ2) is 5.17. The third kappa shape index (κ3) is 2.36. The standard InChI is InChI=1S/C14H13N3O3S/c1-3-9-6-10-13(21-9)15-7-17(14(10)19)16-12(18)11-8(2)4-5-20-11/h4-7H,3H2,1-2H3,(H,16,18). The Hall–Kier alpha value is -2.41. The lowest BCUT2D eigenvalue weighted by Crippen LogP contribution is -2.33. The molecule has 6 nitrogen and oxygen atoms in total. The van der Waals surface area contributed by atoms with Crippen molar-refractivity contribution < 1.29 is 9.21 Å². The van der Waals surface area contributed by atoms with E-state index in [1.54, 1.807) is 13.0 Å². The molecular weight excluding hydrogens is 290 g/mol. The minimum absolute atomic E-state index is 0.182. The van der Waals surface area contributed by atoms with E-state index >= 15 is 0 Å². The summed E-state index contributed by atoms with van der Waals surface area (Å²) in [6.07, 6.45) is 3.59. The summed E-state index contributed by atoms with van der Waals surface area (Å²) in [5.74, 6) is -0.298. The SMILES string of the molecule is CCc1cc2c(=O)n(NC(=O)c3occc3C)cnc2s1. The van der Waals surface area contributed by atoms with Crippen molar-refractivity contribution >= 4 is 27.5 Å². The van der Waals surface area contributed by atoms with Crippen LogP contribution < -0.4 is 11.0 Å². The van der Waals surface area contributed by atoms with Gasteiger partial charge in [0.25, 0.3) is 5.56 Å². The number of rotatable bonds is 3. The summed E-state index contributed by atoms with van der Waals surface area (Å²) in [5, 5.41) is 0.510. The van der Waals surface area contributed by atoms with Gasteiger partial charge in [-0.2, -0.15) is 0 Å². The summed E-state index contributed by atoms with van der Waals surface area (Å²) in [6.45, 7) is 3.78. The first-order valence-corrected chi connectivity index (χ1v) is 7.27. The van der Waals surface area contributed by atoms with E-state index in [0.29, 0.717) is 15.8 Å². The van der Waals surface area contributed by atoms with Crippen LogP contribution in [0.3, 0.4) is 0 Å². The highest BCUT2D eigenvalue weighted by Crippen LogP contribution is 2.20. The molecule has 0 bridgehead atoms. The first-order chi connectivity index (χ1) is 10.1. The van der Waals surface area contributed by atoms with E-state index in [4.69, 9.17) is 4.42 Å². The number of carbonyl (C=O) groups excluding carboxylic acids is 1. The first-order valence-electron chi connectivity index (χ1n) is 6.45. The molecule has 0 radical (unpaired) electrons. The molecule has 21 heavy (non-hydrogen) atoms. The number of furan rings is 1. The third-order valence-electron chi connectivity index (χ3n) is 3.14. The largest absolute Gasteiger partial charge is 0.459 e. The van der Waals surface area contributed by atoms with Gasteiger partial charge in [0.05, 0.1) is 11.6 Å². The van der Waals surface area contributed by atoms with E-state index in [0.717, 1.165) is 16.0 Å². The van der Waals surface area contributed by atoms with Crippen LogP contribution in [0.1, 0.15) is 27.9 Å². The van der Waals surface area contributed by atoms with E-state index in [1.807, 2.05) is 13.0 Å². The van der Waals surface area contributed by atoms with Crippen molar-refractivity contribution in [3.05, 3.63) is 51.3 Å². The fourth-order valence-corrected chi connectivity index (χ4v) is 2.92. The number of hydrogen-bond acceptors (Lipinski definition) is 5. The maximum absolute atomic E-state index is 12.3. The van der Waals surface area contributed by atoms with Crippen molar-refractivity contribution in [3.63, 3.8) is 0 Å². The highest BCUT2D eigenvalue weighted by atomic mass is 32.1. The molecule has 1 amide bonds. The number of thiophene rings is 1. The highest BCUT2D eigenvalue weighted by molar-refractivity contribution is 7.18. The number of nitrogens with one attached hydrogen (secondary N) is 1. The summed E-state index contributed by atoms with van der Waals surface area (Å²) in [5.41, 5.74) is 2.90. The molecule has 0 unspecified atom stereocenters. The first kappa shape index (κ1) is 13.6. The second-order valence-corrected chi connectivity index (χ2v) is 5.69. The van der Waals surface area contributed by atoms with Crippen LogP contribution in [0.15, 0.2) is 33.9 Å². The quantitative estimate of drug-likeness (QED) is 0.805. The van der Waals surface area contributed by atoms with Gasteiger partial charge >= 0.3 is 5.91 Å². The molecule has 0 atom stereocenters. The Morgan fingerprint density at radius 3 is 3.00 bits per heavy atom. The Bertz CT molecular complexity index is 875. The number of aromatic nitrogens is 2. The van der Waals surface area contributed by atoms with E-state index in [1.165, 1.54) is 23.9 Å². The summed E-state index contributed by atoms with van der Waals surface area (Å²) in [6, 6.07) is 3.50. The molecule has 7 heteroatoms. The van der Waals surface area contributed by atoms with Crippen LogP contribution >= 0.6 is 11.3 Å². The second-order valence-electron chi connectivity index (χ2n) is 4.58. The van der Waals surface area contributed by atoms with E-state index < -0.39 is 5.91 Å². The van der Waals surface area contributed by atoms with Crippen molar-refractivity contribution in [1.82, 2.24) is 9.66 Å². The molecular formula is C14H13N3O3S. The normalized spacial score (nSPS) is 11.0. The number of nitrogens with zero attached hydrogens (tertiary/aromatic N) is 2. The molecule has 1 N–H and O–H groups in total. The zero-order valence-corrected chi connectivity index (χ0v) is 12.4. The van der Waals surface area contributed by atoms with Crippen molar-refractivity contribution in [1.29, 1.82) is 0 Å². The molecule has 3 rings (SSSR count). The fourth-order valence-electron chi connectivity index (χ4n) is 1.99. The molecule has 0 saturated heterocycles. The Morgan fingerprint density at radius 1 is 1.52 bits per heavy atom. The fraction of sp³-hybridized carbons (Fsp3) is 0.214. The van der Waals surface area contributed by atoms with Crippen LogP contribution in [0.4, 0.5) is 0 Å². The van der Waals surface area contributed by atoms with Gasteiger partial charge in [-0.1, -0.05) is 6.92 Å². The van der Waals surface area contributed by atoms with Crippen LogP contribution in [0, 0.1) is 6.92 Å². The van der Waals surface area contributed by atoms with Gasteiger partial charge in [0.15, 0.2) is 5.76 Å². The third-order valence-corrected chi connectivity index (χ3v) is 4.33. The van der Waals surface area contributed by atoms with Crippen molar-refractivity contribution in [2.75, 3.05) is 5.43 Å². The van der Waals surface area contributed by atoms with Gasteiger partial charge in [0.2, 0.25) is 0 Å². The lowest BCUT2D eigenvalue weighted by molar-refractivity contribution is 0.0980. The molecule has 0 saturated carbocycles. The molecule has 3 aromatic heterocycles. The van der Waals surface area contributed by atoms with Crippen LogP contribution in [0.25, 0.3) is 10.2 Å². The number of amides is 1. The van der Waals surface area contributed by atoms with E-state index in [9.17, 15) is 9.59 Å². The molecule has 0 aliphatic heterocycles. The molecule has 0 aliphatic rings. The lowest BCUT2D eigenvalue weighted by atomic mass is 10.3. The van der Waals surface area contributed by atoms with Gasteiger partial charge in [-0.25, -0.2) is 9.66 Å². The van der Waals surface area contributed by atoms with E-state index in [2.05, 4.69) is 10.4 Å². The maximum atomic E-state index is 12.3. The van der Waals surface area contributed by atoms with Crippen molar-refractivity contribution in [2.45, 2.75) is 20.3 Å². The van der Waals surface area contributed by atoms with Gasteiger partial charge < -0.3 is 4.42 Å². The van der Waals surface area contributed by atoms with Gasteiger partial charge in [-0.3, -0.25) is 15.0 Å². The zero-order chi connectivity index (χ0) is 15.0. The maximum Gasteiger partial charge on any atom is 0.306 e. The van der Waals surface area contributed by atoms with Gasteiger partial charge in [-0.15, -0.1) is 11.3 Å². The molecule has 0 aliphatic carbocycles. The van der Waals surface area contributed by atoms with Crippen molar-refractivity contribution in [2.24, 2.45) is 0 Å². The number of aryl methyl sites for hydroxylation is 2. The van der Waals surface area contributed by atoms with E-state index in [-0.39, 0.29) is 11.3 Å². The highest BCUT2D eigenvalue weighted by Gasteiger charge is 2.15. The molecule has 3 heterocycles. The minimum atomic E-state index is -0.480.